The summed E-state index contributed by atoms with van der Waals surface area (Å²) < 4.78 is 10.7. The van der Waals surface area contributed by atoms with Crippen molar-refractivity contribution in [3.63, 3.8) is 0 Å². The van der Waals surface area contributed by atoms with E-state index in [1.807, 2.05) is 45.0 Å². The highest BCUT2D eigenvalue weighted by Crippen LogP contribution is 2.20. The Balaban J connectivity index is 1.54. The molecule has 3 rings (SSSR count). The van der Waals surface area contributed by atoms with Crippen LogP contribution in [0.4, 0.5) is 0 Å². The first kappa shape index (κ1) is 30.3. The van der Waals surface area contributed by atoms with Gasteiger partial charge >= 0.3 is 5.97 Å². The molecule has 6 N–H and O–H groups in total. The van der Waals surface area contributed by atoms with Crippen LogP contribution in [0.1, 0.15) is 39.2 Å². The summed E-state index contributed by atoms with van der Waals surface area (Å²) in [6.45, 7) is 5.79. The zero-order valence-corrected chi connectivity index (χ0v) is 22.7. The summed E-state index contributed by atoms with van der Waals surface area (Å²) in [4.78, 5) is 41.2. The van der Waals surface area contributed by atoms with Crippen molar-refractivity contribution in [3.8, 4) is 0 Å². The largest absolute Gasteiger partial charge is 0.460 e. The number of methoxy groups -OCH3 is 1. The van der Waals surface area contributed by atoms with Gasteiger partial charge in [0.2, 0.25) is 5.91 Å². The highest BCUT2D eigenvalue weighted by Gasteiger charge is 2.37. The number of benzene rings is 1. The lowest BCUT2D eigenvalue weighted by Crippen LogP contribution is -2.55. The van der Waals surface area contributed by atoms with Crippen molar-refractivity contribution in [1.29, 1.82) is 0 Å². The topological polar surface area (TPSA) is 170 Å². The van der Waals surface area contributed by atoms with E-state index in [1.165, 1.54) is 13.2 Å². The molecule has 39 heavy (non-hydrogen) atoms. The quantitative estimate of drug-likeness (QED) is 0.187. The van der Waals surface area contributed by atoms with Crippen LogP contribution in [-0.2, 0) is 30.3 Å². The summed E-state index contributed by atoms with van der Waals surface area (Å²) in [5, 5.41) is 37.2. The van der Waals surface area contributed by atoms with Crippen molar-refractivity contribution < 1.29 is 39.2 Å². The third-order valence-electron chi connectivity index (χ3n) is 6.54. The number of aromatic nitrogens is 1. The van der Waals surface area contributed by atoms with Crippen molar-refractivity contribution in [2.75, 3.05) is 13.7 Å². The fourth-order valence-corrected chi connectivity index (χ4v) is 4.36. The Morgan fingerprint density at radius 2 is 1.87 bits per heavy atom. The highest BCUT2D eigenvalue weighted by molar-refractivity contribution is 5.90. The molecule has 2 heterocycles. The van der Waals surface area contributed by atoms with E-state index in [-0.39, 0.29) is 24.8 Å². The van der Waals surface area contributed by atoms with E-state index in [1.54, 1.807) is 12.3 Å². The number of aliphatic hydroxyl groups is 3. The molecule has 0 spiro atoms. The van der Waals surface area contributed by atoms with Crippen molar-refractivity contribution in [2.45, 2.75) is 76.6 Å². The number of carbonyl (C=O) groups excluding carboxylic acids is 3. The number of rotatable bonds is 10. The first-order chi connectivity index (χ1) is 18.4. The van der Waals surface area contributed by atoms with Gasteiger partial charge in [-0.25, -0.2) is 0 Å². The fourth-order valence-electron chi connectivity index (χ4n) is 4.36. The average Bonchev–Trinajstić information content (AvgIpc) is 3.21. The minimum absolute atomic E-state index is 0.0706. The number of nitrogens with one attached hydrogen (secondary N) is 3. The van der Waals surface area contributed by atoms with E-state index in [9.17, 15) is 29.7 Å². The van der Waals surface area contributed by atoms with Gasteiger partial charge in [-0.3, -0.25) is 14.4 Å². The maximum atomic E-state index is 12.9. The second kappa shape index (κ2) is 13.2. The van der Waals surface area contributed by atoms with Gasteiger partial charge in [0.25, 0.3) is 5.91 Å². The number of fused-ring (bicyclic) bond motifs is 1. The normalized spacial score (nSPS) is 21.6. The molecule has 6 unspecified atom stereocenters. The van der Waals surface area contributed by atoms with Gasteiger partial charge < -0.3 is 40.4 Å². The molecule has 2 amide bonds. The van der Waals surface area contributed by atoms with Gasteiger partial charge in [0.05, 0.1) is 13.0 Å². The molecule has 11 nitrogen and oxygen atoms in total. The SMILES string of the molecule is COC(C(=O)NC1CCC(OC(=O)Cc2c[nH]c3ccccc23)CNC1=O)C(O)C(O)C(O)C=CC(C)(C)C. The van der Waals surface area contributed by atoms with Crippen LogP contribution >= 0.6 is 0 Å². The minimum atomic E-state index is -1.76. The molecule has 0 radical (unpaired) electrons. The number of hydrogen-bond acceptors (Lipinski definition) is 8. The number of ether oxygens (including phenoxy) is 2. The zero-order chi connectivity index (χ0) is 28.7. The number of aromatic amines is 1. The van der Waals surface area contributed by atoms with Crippen LogP contribution in [0.5, 0.6) is 0 Å². The van der Waals surface area contributed by atoms with Crippen molar-refractivity contribution >= 4 is 28.7 Å². The van der Waals surface area contributed by atoms with Gasteiger partial charge in [0, 0.05) is 24.2 Å². The van der Waals surface area contributed by atoms with E-state index in [0.717, 1.165) is 16.5 Å². The minimum Gasteiger partial charge on any atom is -0.460 e. The Kier molecular flexibility index (Phi) is 10.3. The third-order valence-corrected chi connectivity index (χ3v) is 6.54. The Hall–Kier alpha value is -3.25. The molecule has 6 atom stereocenters. The lowest BCUT2D eigenvalue weighted by atomic mass is 9.94. The summed E-state index contributed by atoms with van der Waals surface area (Å²) in [5.41, 5.74) is 1.46. The molecular weight excluding hydrogens is 506 g/mol. The molecule has 214 valence electrons. The van der Waals surface area contributed by atoms with Crippen LogP contribution in [0.25, 0.3) is 10.9 Å². The van der Waals surface area contributed by atoms with Crippen LogP contribution < -0.4 is 10.6 Å². The predicted molar refractivity (Wildman–Crippen MR) is 143 cm³/mol. The summed E-state index contributed by atoms with van der Waals surface area (Å²) in [6, 6.07) is 6.65. The molecular formula is C28H39N3O8. The first-order valence-corrected chi connectivity index (χ1v) is 13.0. The Labute approximate surface area is 227 Å². The molecule has 0 saturated carbocycles. The Morgan fingerprint density at radius 3 is 2.56 bits per heavy atom. The third kappa shape index (κ3) is 8.37. The molecule has 1 aromatic carbocycles. The molecule has 0 aliphatic carbocycles. The number of esters is 1. The van der Waals surface area contributed by atoms with Gasteiger partial charge in [-0.2, -0.15) is 0 Å². The predicted octanol–water partition coefficient (Wildman–Crippen LogP) is 0.717. The molecule has 2 aromatic rings. The Bertz CT molecular complexity index is 1170. The number of hydrogen-bond donors (Lipinski definition) is 6. The summed E-state index contributed by atoms with van der Waals surface area (Å²) in [5.74, 6) is -1.74. The number of carbonyl (C=O) groups is 3. The van der Waals surface area contributed by atoms with E-state index in [2.05, 4.69) is 15.6 Å². The van der Waals surface area contributed by atoms with Gasteiger partial charge in [-0.1, -0.05) is 51.1 Å². The molecule has 1 aliphatic rings. The number of aliphatic hydroxyl groups excluding tert-OH is 3. The fraction of sp³-hybridized carbons (Fsp3) is 0.536. The monoisotopic (exact) mass is 545 g/mol. The van der Waals surface area contributed by atoms with Gasteiger partial charge in [0.15, 0.2) is 6.10 Å². The zero-order valence-electron chi connectivity index (χ0n) is 22.7. The van der Waals surface area contributed by atoms with Crippen LogP contribution in [0.15, 0.2) is 42.6 Å². The van der Waals surface area contributed by atoms with Crippen molar-refractivity contribution in [2.24, 2.45) is 5.41 Å². The number of H-pyrrole nitrogens is 1. The summed E-state index contributed by atoms with van der Waals surface area (Å²) in [7, 11) is 1.17. The number of allylic oxidation sites excluding steroid dienone is 1. The van der Waals surface area contributed by atoms with Crippen molar-refractivity contribution in [3.05, 3.63) is 48.2 Å². The molecule has 1 saturated heterocycles. The lowest BCUT2D eigenvalue weighted by Gasteiger charge is -2.28. The van der Waals surface area contributed by atoms with Gasteiger partial charge in [0.1, 0.15) is 30.5 Å². The van der Waals surface area contributed by atoms with E-state index < -0.39 is 54.3 Å². The van der Waals surface area contributed by atoms with Crippen LogP contribution in [-0.4, -0.2) is 88.3 Å². The number of para-hydroxylation sites is 1. The second-order valence-electron chi connectivity index (χ2n) is 10.9. The average molecular weight is 546 g/mol. The van der Waals surface area contributed by atoms with E-state index >= 15 is 0 Å². The molecule has 1 aliphatic heterocycles. The molecule has 1 fully saturated rings. The van der Waals surface area contributed by atoms with E-state index in [0.29, 0.717) is 6.42 Å². The van der Waals surface area contributed by atoms with Gasteiger partial charge in [-0.15, -0.1) is 0 Å². The smallest absolute Gasteiger partial charge is 0.310 e. The lowest BCUT2D eigenvalue weighted by molar-refractivity contribution is -0.151. The Morgan fingerprint density at radius 1 is 1.15 bits per heavy atom. The molecule has 1 aromatic heterocycles. The maximum absolute atomic E-state index is 12.9. The summed E-state index contributed by atoms with van der Waals surface area (Å²) in [6.07, 6.45) is -1.69. The second-order valence-corrected chi connectivity index (χ2v) is 10.9. The number of amides is 2. The molecule has 0 bridgehead atoms. The van der Waals surface area contributed by atoms with Crippen molar-refractivity contribution in [1.82, 2.24) is 15.6 Å². The summed E-state index contributed by atoms with van der Waals surface area (Å²) >= 11 is 0. The van der Waals surface area contributed by atoms with Crippen LogP contribution in [0, 0.1) is 5.41 Å². The standard InChI is InChI=1S/C28H39N3O8/c1-28(2,3)12-11-21(32)23(34)24(35)25(38-4)27(37)31-20-10-9-17(15-30-26(20)36)39-22(33)13-16-14-29-19-8-6-5-7-18(16)19/h5-8,11-12,14,17,20-21,23-25,29,32,34-35H,9-10,13,15H2,1-4H3,(H,30,36)(H,31,37). The van der Waals surface area contributed by atoms with E-state index in [4.69, 9.17) is 9.47 Å². The molecule has 11 heteroatoms. The van der Waals surface area contributed by atoms with Gasteiger partial charge in [-0.05, 0) is 29.9 Å². The maximum Gasteiger partial charge on any atom is 0.310 e. The van der Waals surface area contributed by atoms with Crippen LogP contribution in [0.3, 0.4) is 0 Å². The first-order valence-electron chi connectivity index (χ1n) is 13.0. The highest BCUT2D eigenvalue weighted by atomic mass is 16.5. The van der Waals surface area contributed by atoms with Crippen LogP contribution in [0.2, 0.25) is 0 Å².